The minimum Gasteiger partial charge on any atom is -0.481 e. The molecule has 2 aromatic rings. The van der Waals surface area contributed by atoms with Gasteiger partial charge in [-0.2, -0.15) is 0 Å². The van der Waals surface area contributed by atoms with Gasteiger partial charge in [-0.3, -0.25) is 4.79 Å². The third kappa shape index (κ3) is 3.74. The zero-order valence-corrected chi connectivity index (χ0v) is 13.4. The second-order valence-corrected chi connectivity index (χ2v) is 5.65. The third-order valence-electron chi connectivity index (χ3n) is 2.60. The average molecular weight is 366 g/mol. The van der Waals surface area contributed by atoms with Gasteiger partial charge in [0.05, 0.1) is 16.5 Å². The lowest BCUT2D eigenvalue weighted by molar-refractivity contribution is -0.136. The first-order chi connectivity index (χ1) is 9.90. The Labute approximate surface area is 141 Å². The summed E-state index contributed by atoms with van der Waals surface area (Å²) in [7, 11) is 0. The fraction of sp³-hybridized carbons (Fsp3) is 0.0714. The van der Waals surface area contributed by atoms with Crippen molar-refractivity contribution >= 4 is 52.4 Å². The maximum atomic E-state index is 10.9. The van der Waals surface area contributed by atoms with Gasteiger partial charge >= 0.3 is 5.97 Å². The van der Waals surface area contributed by atoms with Crippen molar-refractivity contribution in [1.82, 2.24) is 0 Å². The molecule has 0 bridgehead atoms. The van der Waals surface area contributed by atoms with E-state index in [2.05, 4.69) is 0 Å². The highest BCUT2D eigenvalue weighted by Gasteiger charge is 2.18. The molecule has 0 aliphatic rings. The number of carbonyl (C=O) groups is 1. The van der Waals surface area contributed by atoms with Crippen LogP contribution in [0.5, 0.6) is 11.5 Å². The van der Waals surface area contributed by atoms with Gasteiger partial charge < -0.3 is 9.84 Å². The van der Waals surface area contributed by atoms with Crippen molar-refractivity contribution < 1.29 is 14.6 Å². The Balaban J connectivity index is 2.46. The largest absolute Gasteiger partial charge is 0.481 e. The normalized spacial score (nSPS) is 10.5. The molecule has 0 aromatic heterocycles. The van der Waals surface area contributed by atoms with E-state index in [1.165, 1.54) is 6.07 Å². The van der Waals surface area contributed by atoms with Gasteiger partial charge in [0.2, 0.25) is 0 Å². The summed E-state index contributed by atoms with van der Waals surface area (Å²) >= 11 is 24.0. The summed E-state index contributed by atoms with van der Waals surface area (Å²) in [6.45, 7) is 0. The molecule has 110 valence electrons. The van der Waals surface area contributed by atoms with Crippen LogP contribution in [0.15, 0.2) is 30.3 Å². The van der Waals surface area contributed by atoms with Crippen LogP contribution in [-0.4, -0.2) is 11.1 Å². The Bertz CT molecular complexity index is 675. The quantitative estimate of drug-likeness (QED) is 0.704. The van der Waals surface area contributed by atoms with E-state index in [-0.39, 0.29) is 32.3 Å². The summed E-state index contributed by atoms with van der Waals surface area (Å²) in [6.07, 6.45) is -0.195. The lowest BCUT2D eigenvalue weighted by atomic mass is 10.1. The molecule has 0 saturated carbocycles. The predicted molar refractivity (Wildman–Crippen MR) is 84.3 cm³/mol. The van der Waals surface area contributed by atoms with Gasteiger partial charge in [-0.15, -0.1) is 0 Å². The first-order valence-corrected chi connectivity index (χ1v) is 7.22. The number of ether oxygens (including phenoxy) is 1. The number of halogens is 4. The molecule has 0 fully saturated rings. The predicted octanol–water partition coefficient (Wildman–Crippen LogP) is 5.72. The number of hydrogen-bond acceptors (Lipinski definition) is 2. The minimum absolute atomic E-state index is 0.0914. The van der Waals surface area contributed by atoms with E-state index in [4.69, 9.17) is 56.2 Å². The number of para-hydroxylation sites is 1. The number of carboxylic acids is 1. The van der Waals surface area contributed by atoms with E-state index in [0.717, 1.165) is 0 Å². The van der Waals surface area contributed by atoms with E-state index in [9.17, 15) is 4.79 Å². The Morgan fingerprint density at radius 1 is 1.05 bits per heavy atom. The fourth-order valence-corrected chi connectivity index (χ4v) is 2.53. The molecule has 2 rings (SSSR count). The van der Waals surface area contributed by atoms with E-state index in [0.29, 0.717) is 11.3 Å². The highest BCUT2D eigenvalue weighted by atomic mass is 35.5. The second kappa shape index (κ2) is 6.75. The van der Waals surface area contributed by atoms with Crippen molar-refractivity contribution in [2.75, 3.05) is 0 Å². The van der Waals surface area contributed by atoms with Crippen LogP contribution in [0.1, 0.15) is 5.56 Å². The van der Waals surface area contributed by atoms with Crippen LogP contribution in [0.3, 0.4) is 0 Å². The number of hydrogen-bond donors (Lipinski definition) is 1. The molecule has 0 aliphatic carbocycles. The van der Waals surface area contributed by atoms with Gasteiger partial charge in [-0.1, -0.05) is 64.6 Å². The van der Waals surface area contributed by atoms with Crippen LogP contribution in [0, 0.1) is 0 Å². The van der Waals surface area contributed by atoms with Gasteiger partial charge in [-0.05, 0) is 12.1 Å². The minimum atomic E-state index is -0.979. The summed E-state index contributed by atoms with van der Waals surface area (Å²) in [4.78, 5) is 10.9. The summed E-state index contributed by atoms with van der Waals surface area (Å²) in [5, 5.41) is 9.50. The fourth-order valence-electron chi connectivity index (χ4n) is 1.66. The summed E-state index contributed by atoms with van der Waals surface area (Å²) in [5.74, 6) is -0.567. The van der Waals surface area contributed by atoms with E-state index in [1.807, 2.05) is 0 Å². The van der Waals surface area contributed by atoms with Gasteiger partial charge in [-0.25, -0.2) is 0 Å². The van der Waals surface area contributed by atoms with Crippen LogP contribution < -0.4 is 4.74 Å². The number of benzene rings is 2. The van der Waals surface area contributed by atoms with Crippen LogP contribution in [-0.2, 0) is 11.2 Å². The zero-order valence-electron chi connectivity index (χ0n) is 10.4. The van der Waals surface area contributed by atoms with Gasteiger partial charge in [0.1, 0.15) is 15.8 Å². The molecule has 0 spiro atoms. The van der Waals surface area contributed by atoms with Crippen LogP contribution >= 0.6 is 46.4 Å². The molecule has 0 radical (unpaired) electrons. The Kier molecular flexibility index (Phi) is 5.22. The zero-order chi connectivity index (χ0) is 15.6. The molecule has 0 amide bonds. The van der Waals surface area contributed by atoms with Crippen LogP contribution in [0.2, 0.25) is 20.1 Å². The molecule has 2 aromatic carbocycles. The molecule has 7 heteroatoms. The first-order valence-electron chi connectivity index (χ1n) is 5.70. The standard InChI is InChI=1S/C14H8Cl4O3/c15-8-6-9(16)13(18)14(12(8)17)21-10-4-2-1-3-7(10)5-11(19)20/h1-4,6H,5H2,(H,19,20). The van der Waals surface area contributed by atoms with Crippen molar-refractivity contribution in [3.8, 4) is 11.5 Å². The highest BCUT2D eigenvalue weighted by molar-refractivity contribution is 6.48. The van der Waals surface area contributed by atoms with Crippen molar-refractivity contribution in [1.29, 1.82) is 0 Å². The second-order valence-electron chi connectivity index (χ2n) is 4.08. The van der Waals surface area contributed by atoms with Crippen molar-refractivity contribution in [2.45, 2.75) is 6.42 Å². The molecule has 3 nitrogen and oxygen atoms in total. The van der Waals surface area contributed by atoms with Gasteiger partial charge in [0, 0.05) is 5.56 Å². The molecule has 1 N–H and O–H groups in total. The van der Waals surface area contributed by atoms with E-state index < -0.39 is 5.97 Å². The lowest BCUT2D eigenvalue weighted by Crippen LogP contribution is -2.02. The summed E-state index contributed by atoms with van der Waals surface area (Å²) in [5.41, 5.74) is 0.480. The number of carboxylic acid groups (broad SMARTS) is 1. The van der Waals surface area contributed by atoms with E-state index in [1.54, 1.807) is 24.3 Å². The maximum Gasteiger partial charge on any atom is 0.307 e. The molecule has 0 saturated heterocycles. The molecule has 0 heterocycles. The number of rotatable bonds is 4. The summed E-state index contributed by atoms with van der Waals surface area (Å²) < 4.78 is 5.64. The van der Waals surface area contributed by atoms with Gasteiger partial charge in [0.25, 0.3) is 0 Å². The molecule has 0 unspecified atom stereocenters. The SMILES string of the molecule is O=C(O)Cc1ccccc1Oc1c(Cl)c(Cl)cc(Cl)c1Cl. The molecular formula is C14H8Cl4O3. The first kappa shape index (κ1) is 16.2. The van der Waals surface area contributed by atoms with Crippen LogP contribution in [0.25, 0.3) is 0 Å². The topological polar surface area (TPSA) is 46.5 Å². The Morgan fingerprint density at radius 3 is 2.19 bits per heavy atom. The smallest absolute Gasteiger partial charge is 0.307 e. The molecule has 21 heavy (non-hydrogen) atoms. The van der Waals surface area contributed by atoms with Crippen molar-refractivity contribution in [2.24, 2.45) is 0 Å². The average Bonchev–Trinajstić information content (AvgIpc) is 2.42. The highest BCUT2D eigenvalue weighted by Crippen LogP contribution is 2.45. The van der Waals surface area contributed by atoms with Crippen molar-refractivity contribution in [3.05, 3.63) is 56.0 Å². The van der Waals surface area contributed by atoms with E-state index >= 15 is 0 Å². The molecule has 0 aliphatic heterocycles. The third-order valence-corrected chi connectivity index (χ3v) is 4.14. The Hall–Kier alpha value is -1.13. The Morgan fingerprint density at radius 2 is 1.62 bits per heavy atom. The summed E-state index contributed by atoms with van der Waals surface area (Å²) in [6, 6.07) is 8.06. The van der Waals surface area contributed by atoms with Crippen LogP contribution in [0.4, 0.5) is 0 Å². The van der Waals surface area contributed by atoms with Gasteiger partial charge in [0.15, 0.2) is 5.75 Å². The lowest BCUT2D eigenvalue weighted by Gasteiger charge is -2.14. The van der Waals surface area contributed by atoms with Crippen molar-refractivity contribution in [3.63, 3.8) is 0 Å². The maximum absolute atomic E-state index is 10.9. The molecular weight excluding hydrogens is 358 g/mol. The molecule has 0 atom stereocenters. The number of aliphatic carboxylic acids is 1. The monoisotopic (exact) mass is 364 g/mol.